The molecule has 18 heavy (non-hydrogen) atoms. The van der Waals surface area contributed by atoms with Gasteiger partial charge in [-0.05, 0) is 43.5 Å². The molecule has 1 aromatic rings. The third-order valence-electron chi connectivity index (χ3n) is 2.88. The van der Waals surface area contributed by atoms with Gasteiger partial charge in [-0.15, -0.1) is 0 Å². The van der Waals surface area contributed by atoms with Crippen molar-refractivity contribution in [1.82, 2.24) is 5.32 Å². The topological polar surface area (TPSA) is 21.3 Å². The van der Waals surface area contributed by atoms with Gasteiger partial charge in [0.25, 0.3) is 0 Å². The van der Waals surface area contributed by atoms with Gasteiger partial charge in [0.15, 0.2) is 0 Å². The molecule has 1 rings (SSSR count). The van der Waals surface area contributed by atoms with Gasteiger partial charge in [-0.1, -0.05) is 28.9 Å². The maximum atomic E-state index is 13.1. The number of benzene rings is 1. The number of hydrogen-bond acceptors (Lipinski definition) is 2. The largest absolute Gasteiger partial charge is 0.385 e. The van der Waals surface area contributed by atoms with Crippen LogP contribution < -0.4 is 5.32 Å². The molecule has 0 heterocycles. The van der Waals surface area contributed by atoms with Crippen LogP contribution in [0.3, 0.4) is 0 Å². The van der Waals surface area contributed by atoms with Crippen molar-refractivity contribution in [3.8, 4) is 0 Å². The second-order valence-electron chi connectivity index (χ2n) is 4.26. The summed E-state index contributed by atoms with van der Waals surface area (Å²) < 4.78 is 19.0. The Hall–Kier alpha value is -0.450. The zero-order chi connectivity index (χ0) is 13.4. The van der Waals surface area contributed by atoms with E-state index in [0.29, 0.717) is 0 Å². The first kappa shape index (κ1) is 15.6. The summed E-state index contributed by atoms with van der Waals surface area (Å²) in [5.74, 6) is -0.208. The third-order valence-corrected chi connectivity index (χ3v) is 3.57. The monoisotopic (exact) mass is 317 g/mol. The highest BCUT2D eigenvalue weighted by atomic mass is 79.9. The number of nitrogens with one attached hydrogen (secondary N) is 1. The zero-order valence-corrected chi connectivity index (χ0v) is 12.6. The molecule has 0 aliphatic carbocycles. The van der Waals surface area contributed by atoms with Crippen LogP contribution in [0.25, 0.3) is 0 Å². The summed E-state index contributed by atoms with van der Waals surface area (Å²) in [5.41, 5.74) is 1.12. The van der Waals surface area contributed by atoms with Crippen LogP contribution in [0.2, 0.25) is 0 Å². The van der Waals surface area contributed by atoms with Crippen molar-refractivity contribution in [2.75, 3.05) is 20.3 Å². The summed E-state index contributed by atoms with van der Waals surface area (Å²) in [6, 6.07) is 5.15. The fraction of sp³-hybridized carbons (Fsp3) is 0.571. The molecular formula is C14H21BrFNO. The molecule has 0 saturated heterocycles. The van der Waals surface area contributed by atoms with E-state index in [1.54, 1.807) is 7.11 Å². The van der Waals surface area contributed by atoms with E-state index >= 15 is 0 Å². The fourth-order valence-electron chi connectivity index (χ4n) is 1.99. The van der Waals surface area contributed by atoms with Crippen LogP contribution in [0.15, 0.2) is 22.7 Å². The third kappa shape index (κ3) is 5.04. The maximum Gasteiger partial charge on any atom is 0.124 e. The lowest BCUT2D eigenvalue weighted by Gasteiger charge is -2.19. The summed E-state index contributed by atoms with van der Waals surface area (Å²) in [7, 11) is 1.72. The minimum absolute atomic E-state index is 0.208. The molecule has 0 bridgehead atoms. The number of hydrogen-bond donors (Lipinski definition) is 1. The Morgan fingerprint density at radius 1 is 1.39 bits per heavy atom. The molecule has 0 radical (unpaired) electrons. The predicted molar refractivity (Wildman–Crippen MR) is 76.2 cm³/mol. The van der Waals surface area contributed by atoms with Gasteiger partial charge < -0.3 is 10.1 Å². The van der Waals surface area contributed by atoms with Gasteiger partial charge in [-0.2, -0.15) is 0 Å². The number of ether oxygens (including phenoxy) is 1. The predicted octanol–water partition coefficient (Wildman–Crippen LogP) is 4.06. The Labute approximate surface area is 117 Å². The standard InChI is InChI=1S/C14H21BrFNO/c1-3-17-14(6-4-5-9-18-2)12-8-7-11(16)10-13(12)15/h7-8,10,14,17H,3-6,9H2,1-2H3. The Kier molecular flexibility index (Phi) is 7.47. The van der Waals surface area contributed by atoms with E-state index in [1.807, 2.05) is 6.07 Å². The lowest BCUT2D eigenvalue weighted by Crippen LogP contribution is -2.21. The Morgan fingerprint density at radius 3 is 2.78 bits per heavy atom. The molecule has 0 saturated carbocycles. The molecule has 0 fully saturated rings. The number of halogens is 2. The number of unbranched alkanes of at least 4 members (excludes halogenated alkanes) is 1. The van der Waals surface area contributed by atoms with E-state index in [1.165, 1.54) is 12.1 Å². The van der Waals surface area contributed by atoms with Crippen LogP contribution in [-0.2, 0) is 4.74 Å². The van der Waals surface area contributed by atoms with Crippen LogP contribution in [0, 0.1) is 5.82 Å². The van der Waals surface area contributed by atoms with Gasteiger partial charge in [-0.25, -0.2) is 4.39 Å². The van der Waals surface area contributed by atoms with Gasteiger partial charge in [0, 0.05) is 24.2 Å². The second kappa shape index (κ2) is 8.62. The Morgan fingerprint density at radius 2 is 2.17 bits per heavy atom. The summed E-state index contributed by atoms with van der Waals surface area (Å²) in [6.07, 6.45) is 3.17. The number of rotatable bonds is 8. The first-order valence-corrected chi connectivity index (χ1v) is 7.15. The molecule has 4 heteroatoms. The Bertz CT molecular complexity index is 360. The molecule has 0 aromatic heterocycles. The molecule has 1 atom stereocenters. The van der Waals surface area contributed by atoms with Crippen molar-refractivity contribution in [1.29, 1.82) is 0 Å². The van der Waals surface area contributed by atoms with E-state index in [9.17, 15) is 4.39 Å². The smallest absolute Gasteiger partial charge is 0.124 e. The van der Waals surface area contributed by atoms with Crippen molar-refractivity contribution >= 4 is 15.9 Å². The highest BCUT2D eigenvalue weighted by Gasteiger charge is 2.13. The van der Waals surface area contributed by atoms with Gasteiger partial charge in [0.2, 0.25) is 0 Å². The van der Waals surface area contributed by atoms with Crippen LogP contribution >= 0.6 is 15.9 Å². The summed E-state index contributed by atoms with van der Waals surface area (Å²) >= 11 is 3.44. The minimum atomic E-state index is -0.208. The minimum Gasteiger partial charge on any atom is -0.385 e. The first-order valence-electron chi connectivity index (χ1n) is 6.36. The quantitative estimate of drug-likeness (QED) is 0.730. The van der Waals surface area contributed by atoms with Gasteiger partial charge in [0.05, 0.1) is 0 Å². The highest BCUT2D eigenvalue weighted by molar-refractivity contribution is 9.10. The molecule has 102 valence electrons. The number of methoxy groups -OCH3 is 1. The van der Waals surface area contributed by atoms with Crippen molar-refractivity contribution in [2.24, 2.45) is 0 Å². The highest BCUT2D eigenvalue weighted by Crippen LogP contribution is 2.27. The van der Waals surface area contributed by atoms with Crippen molar-refractivity contribution < 1.29 is 9.13 Å². The molecule has 2 nitrogen and oxygen atoms in total. The van der Waals surface area contributed by atoms with E-state index in [2.05, 4.69) is 28.2 Å². The second-order valence-corrected chi connectivity index (χ2v) is 5.12. The first-order chi connectivity index (χ1) is 8.69. The van der Waals surface area contributed by atoms with Crippen molar-refractivity contribution in [3.05, 3.63) is 34.1 Å². The van der Waals surface area contributed by atoms with E-state index in [4.69, 9.17) is 4.74 Å². The molecule has 0 aliphatic heterocycles. The summed E-state index contributed by atoms with van der Waals surface area (Å²) in [4.78, 5) is 0. The average Bonchev–Trinajstić information content (AvgIpc) is 2.34. The maximum absolute atomic E-state index is 13.1. The van der Waals surface area contributed by atoms with Gasteiger partial charge in [0.1, 0.15) is 5.82 Å². The average molecular weight is 318 g/mol. The molecule has 0 spiro atoms. The van der Waals surface area contributed by atoms with Crippen LogP contribution in [0.1, 0.15) is 37.8 Å². The normalized spacial score (nSPS) is 12.7. The van der Waals surface area contributed by atoms with Crippen LogP contribution in [0.4, 0.5) is 4.39 Å². The molecule has 1 N–H and O–H groups in total. The van der Waals surface area contributed by atoms with E-state index < -0.39 is 0 Å². The molecule has 0 aliphatic rings. The zero-order valence-electron chi connectivity index (χ0n) is 11.0. The molecule has 1 unspecified atom stereocenters. The Balaban J connectivity index is 2.64. The van der Waals surface area contributed by atoms with E-state index in [0.717, 1.165) is 42.5 Å². The summed E-state index contributed by atoms with van der Waals surface area (Å²) in [5, 5.41) is 3.44. The van der Waals surface area contributed by atoms with Crippen LogP contribution in [-0.4, -0.2) is 20.3 Å². The lowest BCUT2D eigenvalue weighted by atomic mass is 10.0. The molecule has 1 aromatic carbocycles. The van der Waals surface area contributed by atoms with Crippen LogP contribution in [0.5, 0.6) is 0 Å². The molecule has 0 amide bonds. The van der Waals surface area contributed by atoms with Gasteiger partial charge >= 0.3 is 0 Å². The summed E-state index contributed by atoms with van der Waals surface area (Å²) in [6.45, 7) is 3.78. The van der Waals surface area contributed by atoms with E-state index in [-0.39, 0.29) is 11.9 Å². The lowest BCUT2D eigenvalue weighted by molar-refractivity contribution is 0.191. The fourth-order valence-corrected chi connectivity index (χ4v) is 2.62. The van der Waals surface area contributed by atoms with Crippen molar-refractivity contribution in [3.63, 3.8) is 0 Å². The van der Waals surface area contributed by atoms with Crippen molar-refractivity contribution in [2.45, 2.75) is 32.2 Å². The molecular weight excluding hydrogens is 297 g/mol. The SMILES string of the molecule is CCNC(CCCCOC)c1ccc(F)cc1Br. The van der Waals surface area contributed by atoms with Gasteiger partial charge in [-0.3, -0.25) is 0 Å².